The first kappa shape index (κ1) is 13.0. The second-order valence-corrected chi connectivity index (χ2v) is 5.87. The molecule has 0 bridgehead atoms. The summed E-state index contributed by atoms with van der Waals surface area (Å²) in [6.45, 7) is 0. The van der Waals surface area contributed by atoms with E-state index in [1.54, 1.807) is 0 Å². The first-order valence-corrected chi connectivity index (χ1v) is 7.57. The number of allylic oxidation sites excluding steroid dienone is 8. The lowest BCUT2D eigenvalue weighted by Gasteiger charge is -2.12. The molecule has 2 aliphatic carbocycles. The summed E-state index contributed by atoms with van der Waals surface area (Å²) in [6, 6.07) is 0. The molecule has 18 heavy (non-hydrogen) atoms. The molecule has 0 aliphatic heterocycles. The van der Waals surface area contributed by atoms with E-state index in [1.807, 2.05) is 48.3 Å². The SMILES string of the molecule is O=C=C1CC=CC=C1SSC1=CC=CCC1=C=O. The van der Waals surface area contributed by atoms with Crippen molar-refractivity contribution in [2.75, 3.05) is 0 Å². The van der Waals surface area contributed by atoms with Crippen molar-refractivity contribution in [2.24, 2.45) is 0 Å². The van der Waals surface area contributed by atoms with E-state index < -0.39 is 0 Å². The van der Waals surface area contributed by atoms with E-state index in [0.717, 1.165) is 9.81 Å². The second kappa shape index (κ2) is 6.48. The van der Waals surface area contributed by atoms with Gasteiger partial charge in [-0.3, -0.25) is 0 Å². The molecule has 0 radical (unpaired) electrons. The minimum absolute atomic E-state index is 0.623. The molecule has 2 rings (SSSR count). The van der Waals surface area contributed by atoms with Crippen molar-refractivity contribution in [1.29, 1.82) is 0 Å². The summed E-state index contributed by atoms with van der Waals surface area (Å²) >= 11 is 0. The minimum atomic E-state index is 0.623. The zero-order valence-corrected chi connectivity index (χ0v) is 11.1. The molecule has 0 heterocycles. The average Bonchev–Trinajstić information content (AvgIpc) is 2.45. The molecule has 0 saturated carbocycles. The molecule has 0 atom stereocenters. The first-order valence-electron chi connectivity index (χ1n) is 5.42. The summed E-state index contributed by atoms with van der Waals surface area (Å²) in [5, 5.41) is 0. The molecule has 0 saturated heterocycles. The molecule has 0 aromatic rings. The number of carbonyl (C=O) groups excluding carboxylic acids is 2. The predicted molar refractivity (Wildman–Crippen MR) is 77.3 cm³/mol. The van der Waals surface area contributed by atoms with Crippen molar-refractivity contribution >= 4 is 33.5 Å². The third-order valence-electron chi connectivity index (χ3n) is 2.47. The third kappa shape index (κ3) is 3.06. The van der Waals surface area contributed by atoms with Gasteiger partial charge in [-0.15, -0.1) is 0 Å². The van der Waals surface area contributed by atoms with Gasteiger partial charge in [0, 0.05) is 22.7 Å². The highest BCUT2D eigenvalue weighted by Gasteiger charge is 2.13. The quantitative estimate of drug-likeness (QED) is 0.582. The van der Waals surface area contributed by atoms with Crippen LogP contribution in [0.25, 0.3) is 0 Å². The van der Waals surface area contributed by atoms with Crippen LogP contribution in [0.4, 0.5) is 0 Å². The Morgan fingerprint density at radius 2 is 1.28 bits per heavy atom. The van der Waals surface area contributed by atoms with E-state index in [0.29, 0.717) is 24.0 Å². The molecule has 0 aromatic carbocycles. The van der Waals surface area contributed by atoms with Gasteiger partial charge in [-0.05, 0) is 12.2 Å². The fourth-order valence-corrected chi connectivity index (χ4v) is 3.89. The Morgan fingerprint density at radius 3 is 1.67 bits per heavy atom. The Bertz CT molecular complexity index is 515. The summed E-state index contributed by atoms with van der Waals surface area (Å²) in [7, 11) is 2.96. The molecule has 2 nitrogen and oxygen atoms in total. The van der Waals surface area contributed by atoms with Gasteiger partial charge in [-0.2, -0.15) is 0 Å². The van der Waals surface area contributed by atoms with Crippen LogP contribution < -0.4 is 0 Å². The molecule has 2 aliphatic rings. The normalized spacial score (nSPS) is 18.0. The van der Waals surface area contributed by atoms with Crippen molar-refractivity contribution in [3.05, 3.63) is 57.4 Å². The van der Waals surface area contributed by atoms with Crippen LogP contribution in [0.2, 0.25) is 0 Å². The van der Waals surface area contributed by atoms with Gasteiger partial charge >= 0.3 is 0 Å². The van der Waals surface area contributed by atoms with Crippen molar-refractivity contribution in [2.45, 2.75) is 12.8 Å². The van der Waals surface area contributed by atoms with Crippen LogP contribution in [0, 0.1) is 0 Å². The average molecular weight is 274 g/mol. The van der Waals surface area contributed by atoms with Crippen LogP contribution in [0.3, 0.4) is 0 Å². The number of rotatable bonds is 3. The number of hydrogen-bond donors (Lipinski definition) is 0. The lowest BCUT2D eigenvalue weighted by atomic mass is 10.1. The van der Waals surface area contributed by atoms with Crippen molar-refractivity contribution < 1.29 is 9.59 Å². The van der Waals surface area contributed by atoms with Gasteiger partial charge in [-0.1, -0.05) is 45.9 Å². The topological polar surface area (TPSA) is 34.1 Å². The highest BCUT2D eigenvalue weighted by molar-refractivity contribution is 8.79. The molecule has 4 heteroatoms. The second-order valence-electron chi connectivity index (χ2n) is 3.65. The Labute approximate surface area is 113 Å². The van der Waals surface area contributed by atoms with Crippen LogP contribution in [-0.4, -0.2) is 11.9 Å². The molecule has 0 unspecified atom stereocenters. The Morgan fingerprint density at radius 1 is 0.833 bits per heavy atom. The molecule has 0 fully saturated rings. The lowest BCUT2D eigenvalue weighted by molar-refractivity contribution is 0.566. The Balaban J connectivity index is 2.08. The molecular weight excluding hydrogens is 264 g/mol. The molecular formula is C14H10O2S2. The highest BCUT2D eigenvalue weighted by Crippen LogP contribution is 2.44. The lowest BCUT2D eigenvalue weighted by Crippen LogP contribution is -1.91. The van der Waals surface area contributed by atoms with Gasteiger partial charge < -0.3 is 0 Å². The minimum Gasteiger partial charge on any atom is -0.233 e. The predicted octanol–water partition coefficient (Wildman–Crippen LogP) is 3.57. The van der Waals surface area contributed by atoms with Crippen molar-refractivity contribution in [3.63, 3.8) is 0 Å². The summed E-state index contributed by atoms with van der Waals surface area (Å²) in [5.74, 6) is 3.92. The zero-order valence-electron chi connectivity index (χ0n) is 9.51. The zero-order chi connectivity index (χ0) is 12.8. The highest BCUT2D eigenvalue weighted by atomic mass is 33.1. The van der Waals surface area contributed by atoms with Gasteiger partial charge in [0.15, 0.2) is 0 Å². The van der Waals surface area contributed by atoms with Gasteiger partial charge in [0.2, 0.25) is 0 Å². The smallest absolute Gasteiger partial charge is 0.129 e. The van der Waals surface area contributed by atoms with E-state index in [4.69, 9.17) is 0 Å². The summed E-state index contributed by atoms with van der Waals surface area (Å²) in [6.07, 6.45) is 12.7. The van der Waals surface area contributed by atoms with Gasteiger partial charge in [0.25, 0.3) is 0 Å². The maximum atomic E-state index is 10.8. The van der Waals surface area contributed by atoms with E-state index in [1.165, 1.54) is 21.6 Å². The van der Waals surface area contributed by atoms with Crippen molar-refractivity contribution in [1.82, 2.24) is 0 Å². The molecule has 0 spiro atoms. The molecule has 0 amide bonds. The van der Waals surface area contributed by atoms with Crippen LogP contribution >= 0.6 is 21.6 Å². The Hall–Kier alpha value is -1.44. The molecule has 0 aromatic heterocycles. The van der Waals surface area contributed by atoms with Gasteiger partial charge in [-0.25, -0.2) is 9.59 Å². The van der Waals surface area contributed by atoms with E-state index >= 15 is 0 Å². The van der Waals surface area contributed by atoms with Crippen LogP contribution in [0.1, 0.15) is 12.8 Å². The fraction of sp³-hybridized carbons (Fsp3) is 0.143. The Kier molecular flexibility index (Phi) is 4.68. The van der Waals surface area contributed by atoms with E-state index in [9.17, 15) is 9.59 Å². The monoisotopic (exact) mass is 274 g/mol. The first-order chi connectivity index (χ1) is 8.85. The van der Waals surface area contributed by atoms with E-state index in [2.05, 4.69) is 0 Å². The fourth-order valence-electron chi connectivity index (χ4n) is 1.51. The molecule has 90 valence electrons. The van der Waals surface area contributed by atoms with Crippen LogP contribution in [0.5, 0.6) is 0 Å². The van der Waals surface area contributed by atoms with Gasteiger partial charge in [0.1, 0.15) is 11.9 Å². The van der Waals surface area contributed by atoms with Gasteiger partial charge in [0.05, 0.1) is 11.1 Å². The maximum absolute atomic E-state index is 10.8. The summed E-state index contributed by atoms with van der Waals surface area (Å²) in [4.78, 5) is 23.4. The summed E-state index contributed by atoms with van der Waals surface area (Å²) in [5.41, 5.74) is 1.33. The standard InChI is InChI=1S/C14H10O2S2/c15-9-11-5-1-3-7-13(11)17-18-14-8-4-2-6-12(14)10-16/h1-4,7-8H,5-6H2. The largest absolute Gasteiger partial charge is 0.233 e. The van der Waals surface area contributed by atoms with Crippen LogP contribution in [0.15, 0.2) is 57.4 Å². The number of hydrogen-bond acceptors (Lipinski definition) is 4. The summed E-state index contributed by atoms with van der Waals surface area (Å²) < 4.78 is 0. The van der Waals surface area contributed by atoms with Crippen molar-refractivity contribution in [3.8, 4) is 0 Å². The maximum Gasteiger partial charge on any atom is 0.129 e. The molecule has 0 N–H and O–H groups in total. The van der Waals surface area contributed by atoms with Crippen LogP contribution in [-0.2, 0) is 9.59 Å². The van der Waals surface area contributed by atoms with E-state index in [-0.39, 0.29) is 0 Å². The third-order valence-corrected chi connectivity index (χ3v) is 5.01.